The van der Waals surface area contributed by atoms with Crippen molar-refractivity contribution in [2.75, 3.05) is 36.5 Å². The number of nitrogens with one attached hydrogen (secondary N) is 1. The summed E-state index contributed by atoms with van der Waals surface area (Å²) in [4.78, 5) is 27.1. The molecule has 7 nitrogen and oxygen atoms in total. The van der Waals surface area contributed by atoms with Crippen LogP contribution in [0.2, 0.25) is 0 Å². The summed E-state index contributed by atoms with van der Waals surface area (Å²) in [6, 6.07) is 14.0. The molecule has 1 aliphatic rings. The van der Waals surface area contributed by atoms with Gasteiger partial charge in [0.1, 0.15) is 11.3 Å². The maximum absolute atomic E-state index is 12.9. The van der Waals surface area contributed by atoms with E-state index in [-0.39, 0.29) is 17.6 Å². The topological polar surface area (TPSA) is 81.0 Å². The molecule has 0 radical (unpaired) electrons. The third-order valence-electron chi connectivity index (χ3n) is 4.83. The number of hydrogen-bond acceptors (Lipinski definition) is 6. The van der Waals surface area contributed by atoms with Gasteiger partial charge in [0, 0.05) is 42.0 Å². The molecule has 1 N–H and O–H groups in total. The molecule has 30 heavy (non-hydrogen) atoms. The average molecular weight is 408 g/mol. The van der Waals surface area contributed by atoms with Gasteiger partial charge in [-0.1, -0.05) is 0 Å². The number of morpholine rings is 1. The van der Waals surface area contributed by atoms with Crippen molar-refractivity contribution >= 4 is 28.3 Å². The van der Waals surface area contributed by atoms with Crippen molar-refractivity contribution in [3.8, 4) is 5.75 Å². The second-order valence-electron chi connectivity index (χ2n) is 7.40. The monoisotopic (exact) mass is 408 g/mol. The predicted octanol–water partition coefficient (Wildman–Crippen LogP) is 3.67. The first-order valence-corrected chi connectivity index (χ1v) is 9.98. The number of ether oxygens (including phenoxy) is 2. The molecule has 0 saturated carbocycles. The third kappa shape index (κ3) is 4.46. The Morgan fingerprint density at radius 3 is 2.50 bits per heavy atom. The van der Waals surface area contributed by atoms with E-state index in [0.717, 1.165) is 18.8 Å². The van der Waals surface area contributed by atoms with Crippen molar-refractivity contribution in [3.05, 3.63) is 64.5 Å². The van der Waals surface area contributed by atoms with Gasteiger partial charge in [-0.2, -0.15) is 0 Å². The smallest absolute Gasteiger partial charge is 0.337 e. The highest BCUT2D eigenvalue weighted by Gasteiger charge is 2.15. The first-order valence-electron chi connectivity index (χ1n) is 9.98. The highest BCUT2D eigenvalue weighted by molar-refractivity contribution is 6.12. The fraction of sp³-hybridized carbons (Fsp3) is 0.304. The first kappa shape index (κ1) is 20.0. The van der Waals surface area contributed by atoms with Crippen molar-refractivity contribution in [1.82, 2.24) is 0 Å². The summed E-state index contributed by atoms with van der Waals surface area (Å²) >= 11 is 0. The molecule has 0 unspecified atom stereocenters. The highest BCUT2D eigenvalue weighted by atomic mass is 16.5. The summed E-state index contributed by atoms with van der Waals surface area (Å²) in [5, 5.41) is 3.41. The van der Waals surface area contributed by atoms with E-state index in [2.05, 4.69) is 10.2 Å². The molecule has 4 rings (SSSR count). The van der Waals surface area contributed by atoms with Crippen LogP contribution >= 0.6 is 0 Å². The van der Waals surface area contributed by atoms with Crippen LogP contribution < -0.4 is 20.6 Å². The van der Waals surface area contributed by atoms with Crippen molar-refractivity contribution in [2.45, 2.75) is 20.0 Å². The molecule has 0 spiro atoms. The molecule has 1 fully saturated rings. The molecule has 1 aliphatic heterocycles. The zero-order valence-electron chi connectivity index (χ0n) is 17.0. The maximum Gasteiger partial charge on any atom is 0.337 e. The van der Waals surface area contributed by atoms with E-state index in [0.29, 0.717) is 35.6 Å². The van der Waals surface area contributed by atoms with Crippen LogP contribution in [0, 0.1) is 0 Å². The quantitative estimate of drug-likeness (QED) is 0.649. The number of nitrogens with zero attached hydrogens (tertiary/aromatic N) is 1. The second-order valence-corrected chi connectivity index (χ2v) is 7.40. The average Bonchev–Trinajstić information content (AvgIpc) is 2.73. The van der Waals surface area contributed by atoms with Gasteiger partial charge < -0.3 is 24.1 Å². The Balaban J connectivity index is 1.56. The van der Waals surface area contributed by atoms with Crippen LogP contribution in [0.3, 0.4) is 0 Å². The summed E-state index contributed by atoms with van der Waals surface area (Å²) in [5.41, 5.74) is 1.72. The SMILES string of the molecule is CC(C)Oc1ccc2c(C(=O)Nc3ccc(N4CCOCC4)cc3)cc(=O)oc2c1. The van der Waals surface area contributed by atoms with Crippen LogP contribution in [0.15, 0.2) is 57.7 Å². The molecule has 0 atom stereocenters. The first-order chi connectivity index (χ1) is 14.5. The zero-order chi connectivity index (χ0) is 21.1. The van der Waals surface area contributed by atoms with Gasteiger partial charge in [0.25, 0.3) is 5.91 Å². The fourth-order valence-corrected chi connectivity index (χ4v) is 3.45. The van der Waals surface area contributed by atoms with Gasteiger partial charge in [0.2, 0.25) is 0 Å². The molecular formula is C23H24N2O5. The molecule has 156 valence electrons. The number of benzene rings is 2. The van der Waals surface area contributed by atoms with Gasteiger partial charge in [0.05, 0.1) is 24.9 Å². The standard InChI is InChI=1S/C23H24N2O5/c1-15(2)29-18-7-8-19-20(14-22(26)30-21(19)13-18)23(27)24-16-3-5-17(6-4-16)25-9-11-28-12-10-25/h3-8,13-15H,9-12H2,1-2H3,(H,24,27). The van der Waals surface area contributed by atoms with Crippen molar-refractivity contribution in [3.63, 3.8) is 0 Å². The Hall–Kier alpha value is -3.32. The van der Waals surface area contributed by atoms with Gasteiger partial charge in [-0.25, -0.2) is 4.79 Å². The lowest BCUT2D eigenvalue weighted by Gasteiger charge is -2.28. The second kappa shape index (κ2) is 8.59. The lowest BCUT2D eigenvalue weighted by atomic mass is 10.1. The van der Waals surface area contributed by atoms with Gasteiger partial charge in [-0.15, -0.1) is 0 Å². The van der Waals surface area contributed by atoms with Gasteiger partial charge in [0.15, 0.2) is 0 Å². The van der Waals surface area contributed by atoms with E-state index in [1.165, 1.54) is 6.07 Å². The number of fused-ring (bicyclic) bond motifs is 1. The summed E-state index contributed by atoms with van der Waals surface area (Å²) < 4.78 is 16.3. The molecular weight excluding hydrogens is 384 g/mol. The van der Waals surface area contributed by atoms with Crippen LogP contribution in [0.25, 0.3) is 11.0 Å². The largest absolute Gasteiger partial charge is 0.491 e. The van der Waals surface area contributed by atoms with E-state index >= 15 is 0 Å². The van der Waals surface area contributed by atoms with Gasteiger partial charge >= 0.3 is 5.63 Å². The van der Waals surface area contributed by atoms with Gasteiger partial charge in [-0.05, 0) is 50.2 Å². The maximum atomic E-state index is 12.9. The van der Waals surface area contributed by atoms with E-state index in [4.69, 9.17) is 13.9 Å². The third-order valence-corrected chi connectivity index (χ3v) is 4.83. The number of carbonyl (C=O) groups excluding carboxylic acids is 1. The Morgan fingerprint density at radius 2 is 1.80 bits per heavy atom. The number of hydrogen-bond donors (Lipinski definition) is 1. The Kier molecular flexibility index (Phi) is 5.72. The molecule has 1 amide bonds. The highest BCUT2D eigenvalue weighted by Crippen LogP contribution is 2.25. The van der Waals surface area contributed by atoms with E-state index in [9.17, 15) is 9.59 Å². The normalized spacial score (nSPS) is 14.2. The Morgan fingerprint density at radius 1 is 1.07 bits per heavy atom. The Labute approximate surface area is 174 Å². The van der Waals surface area contributed by atoms with Crippen LogP contribution in [0.4, 0.5) is 11.4 Å². The molecule has 1 aromatic heterocycles. The molecule has 2 heterocycles. The van der Waals surface area contributed by atoms with Crippen LogP contribution in [0.5, 0.6) is 5.75 Å². The number of rotatable bonds is 5. The zero-order valence-corrected chi connectivity index (χ0v) is 17.0. The minimum Gasteiger partial charge on any atom is -0.491 e. The van der Waals surface area contributed by atoms with E-state index < -0.39 is 5.63 Å². The van der Waals surface area contributed by atoms with E-state index in [1.54, 1.807) is 18.2 Å². The molecule has 0 bridgehead atoms. The fourth-order valence-electron chi connectivity index (χ4n) is 3.45. The van der Waals surface area contributed by atoms with E-state index in [1.807, 2.05) is 38.1 Å². The molecule has 2 aromatic carbocycles. The van der Waals surface area contributed by atoms with Crippen molar-refractivity contribution in [1.29, 1.82) is 0 Å². The molecule has 1 saturated heterocycles. The number of anilines is 2. The summed E-state index contributed by atoms with van der Waals surface area (Å²) in [6.45, 7) is 6.95. The van der Waals surface area contributed by atoms with Gasteiger partial charge in [-0.3, -0.25) is 4.79 Å². The van der Waals surface area contributed by atoms with Crippen LogP contribution in [-0.4, -0.2) is 38.3 Å². The van der Waals surface area contributed by atoms with Crippen molar-refractivity contribution < 1.29 is 18.7 Å². The lowest BCUT2D eigenvalue weighted by Crippen LogP contribution is -2.36. The minimum atomic E-state index is -0.586. The number of amides is 1. The van der Waals surface area contributed by atoms with Crippen LogP contribution in [0.1, 0.15) is 24.2 Å². The van der Waals surface area contributed by atoms with Crippen molar-refractivity contribution in [2.24, 2.45) is 0 Å². The summed E-state index contributed by atoms with van der Waals surface area (Å²) in [6.07, 6.45) is -0.0129. The molecule has 7 heteroatoms. The minimum absolute atomic E-state index is 0.0129. The summed E-state index contributed by atoms with van der Waals surface area (Å²) in [7, 11) is 0. The summed E-state index contributed by atoms with van der Waals surface area (Å²) in [5.74, 6) is 0.210. The molecule has 3 aromatic rings. The number of carbonyl (C=O) groups is 1. The predicted molar refractivity (Wildman–Crippen MR) is 116 cm³/mol. The lowest BCUT2D eigenvalue weighted by molar-refractivity contribution is 0.102. The molecule has 0 aliphatic carbocycles. The Bertz CT molecular complexity index is 1100. The van der Waals surface area contributed by atoms with Crippen LogP contribution in [-0.2, 0) is 4.74 Å².